The number of nitrogens with zero attached hydrogens (tertiary/aromatic N) is 1. The Morgan fingerprint density at radius 1 is 1.06 bits per heavy atom. The molecule has 0 spiro atoms. The van der Waals surface area contributed by atoms with Gasteiger partial charge in [0.15, 0.2) is 0 Å². The fourth-order valence-corrected chi connectivity index (χ4v) is 3.42. The molecule has 0 radical (unpaired) electrons. The van der Waals surface area contributed by atoms with E-state index in [-0.39, 0.29) is 43.6 Å². The van der Waals surface area contributed by atoms with Gasteiger partial charge in [-0.25, -0.2) is 0 Å². The van der Waals surface area contributed by atoms with Gasteiger partial charge in [-0.05, 0) is 30.0 Å². The van der Waals surface area contributed by atoms with E-state index in [1.54, 1.807) is 6.92 Å². The molecule has 1 amide bonds. The van der Waals surface area contributed by atoms with Crippen molar-refractivity contribution in [1.82, 2.24) is 15.9 Å². The van der Waals surface area contributed by atoms with Crippen molar-refractivity contribution in [2.24, 2.45) is 11.6 Å². The van der Waals surface area contributed by atoms with Crippen LogP contribution in [-0.4, -0.2) is 48.5 Å². The van der Waals surface area contributed by atoms with Gasteiger partial charge in [0.05, 0.1) is 13.0 Å². The van der Waals surface area contributed by atoms with Crippen molar-refractivity contribution >= 4 is 17.7 Å². The molecule has 0 heterocycles. The van der Waals surface area contributed by atoms with E-state index in [0.717, 1.165) is 16.7 Å². The third-order valence-corrected chi connectivity index (χ3v) is 5.05. The van der Waals surface area contributed by atoms with Crippen LogP contribution in [0.3, 0.4) is 0 Å². The van der Waals surface area contributed by atoms with Crippen molar-refractivity contribution in [3.63, 3.8) is 0 Å². The molecular formula is C24H34N6O3. The van der Waals surface area contributed by atoms with Gasteiger partial charge in [-0.3, -0.25) is 25.8 Å². The zero-order valence-electron chi connectivity index (χ0n) is 19.0. The van der Waals surface area contributed by atoms with Gasteiger partial charge >= 0.3 is 5.97 Å². The van der Waals surface area contributed by atoms with Crippen molar-refractivity contribution in [2.75, 3.05) is 19.7 Å². The zero-order valence-corrected chi connectivity index (χ0v) is 19.0. The summed E-state index contributed by atoms with van der Waals surface area (Å²) in [6.07, 6.45) is 0.837. The normalized spacial score (nSPS) is 11.5. The van der Waals surface area contributed by atoms with Gasteiger partial charge < -0.3 is 15.8 Å². The number of nitrogens with one attached hydrogen (secondary N) is 3. The highest BCUT2D eigenvalue weighted by molar-refractivity contribution is 5.85. The monoisotopic (exact) mass is 454 g/mol. The lowest BCUT2D eigenvalue weighted by Crippen LogP contribution is -2.49. The summed E-state index contributed by atoms with van der Waals surface area (Å²) in [7, 11) is 0. The first-order chi connectivity index (χ1) is 16.0. The van der Waals surface area contributed by atoms with Gasteiger partial charge in [0.25, 0.3) is 0 Å². The van der Waals surface area contributed by atoms with E-state index in [2.05, 4.69) is 10.9 Å². The molecular weight excluding hydrogens is 420 g/mol. The van der Waals surface area contributed by atoms with Crippen molar-refractivity contribution < 1.29 is 14.3 Å². The first-order valence-corrected chi connectivity index (χ1v) is 11.1. The second-order valence-electron chi connectivity index (χ2n) is 7.56. The molecule has 1 atom stereocenters. The lowest BCUT2D eigenvalue weighted by molar-refractivity contribution is -0.143. The second-order valence-corrected chi connectivity index (χ2v) is 7.56. The average Bonchev–Trinajstić information content (AvgIpc) is 2.82. The molecule has 0 aliphatic carbocycles. The Hall–Kier alpha value is -3.27. The van der Waals surface area contributed by atoms with Crippen molar-refractivity contribution in [1.29, 1.82) is 5.41 Å². The molecule has 0 bridgehead atoms. The molecule has 0 saturated heterocycles. The molecule has 2 rings (SSSR count). The number of carbonyl (C=O) groups excluding carboxylic acids is 2. The van der Waals surface area contributed by atoms with E-state index in [4.69, 9.17) is 21.7 Å². The minimum absolute atomic E-state index is 0.0706. The number of hydrogen-bond donors (Lipinski definition) is 5. The van der Waals surface area contributed by atoms with Crippen LogP contribution in [0.15, 0.2) is 54.6 Å². The molecule has 0 aliphatic rings. The topological polar surface area (TPSA) is 147 Å². The Morgan fingerprint density at radius 3 is 2.33 bits per heavy atom. The number of nitrogens with two attached hydrogens (primary N) is 2. The maximum Gasteiger partial charge on any atom is 0.307 e. The SMILES string of the molecule is CCOC(=O)CC(Cc1ccc(-c2ccccc2)cc1)NC(=O)CCC(=N)N(CCN)NN. The number of hydrazine groups is 2. The predicted octanol–water partition coefficient (Wildman–Crippen LogP) is 1.73. The average molecular weight is 455 g/mol. The molecule has 178 valence electrons. The molecule has 33 heavy (non-hydrogen) atoms. The minimum Gasteiger partial charge on any atom is -0.466 e. The standard InChI is InChI=1S/C24H34N6O3/c1-2-33-24(32)17-21(28-23(31)13-12-22(26)30(29-27)15-14-25)16-18-8-10-20(11-9-18)19-6-4-3-5-7-19/h3-11,21,26,29H,2,12-17,25,27H2,1H3,(H,28,31). The molecule has 2 aromatic rings. The first kappa shape index (κ1) is 26.0. The molecule has 0 aliphatic heterocycles. The molecule has 2 aromatic carbocycles. The Kier molecular flexibility index (Phi) is 11.0. The summed E-state index contributed by atoms with van der Waals surface area (Å²) in [6, 6.07) is 17.7. The maximum atomic E-state index is 12.5. The summed E-state index contributed by atoms with van der Waals surface area (Å²) in [6.45, 7) is 2.72. The van der Waals surface area contributed by atoms with E-state index < -0.39 is 6.04 Å². The van der Waals surface area contributed by atoms with Crippen LogP contribution in [0.25, 0.3) is 11.1 Å². The number of amides is 1. The fraction of sp³-hybridized carbons (Fsp3) is 0.375. The Labute approximate surface area is 194 Å². The molecule has 9 nitrogen and oxygen atoms in total. The quantitative estimate of drug-likeness (QED) is 0.102. The number of ether oxygens (including phenoxy) is 1. The number of carbonyl (C=O) groups is 2. The van der Waals surface area contributed by atoms with Gasteiger partial charge in [-0.15, -0.1) is 0 Å². The lowest BCUT2D eigenvalue weighted by atomic mass is 9.99. The highest BCUT2D eigenvalue weighted by atomic mass is 16.5. The van der Waals surface area contributed by atoms with Crippen LogP contribution in [-0.2, 0) is 20.7 Å². The summed E-state index contributed by atoms with van der Waals surface area (Å²) in [5.41, 5.74) is 11.1. The van der Waals surface area contributed by atoms with Crippen molar-refractivity contribution in [3.8, 4) is 11.1 Å². The van der Waals surface area contributed by atoms with E-state index in [0.29, 0.717) is 19.5 Å². The van der Waals surface area contributed by atoms with Crippen LogP contribution in [0.1, 0.15) is 31.7 Å². The van der Waals surface area contributed by atoms with Gasteiger partial charge in [-0.2, -0.15) is 5.53 Å². The maximum absolute atomic E-state index is 12.5. The number of amidine groups is 1. The van der Waals surface area contributed by atoms with Crippen LogP contribution < -0.4 is 22.4 Å². The van der Waals surface area contributed by atoms with Gasteiger partial charge in [0, 0.05) is 32.0 Å². The fourth-order valence-electron chi connectivity index (χ4n) is 3.42. The van der Waals surface area contributed by atoms with Crippen LogP contribution in [0.2, 0.25) is 0 Å². The van der Waals surface area contributed by atoms with Gasteiger partial charge in [0.1, 0.15) is 5.84 Å². The molecule has 1 unspecified atom stereocenters. The smallest absolute Gasteiger partial charge is 0.307 e. The van der Waals surface area contributed by atoms with E-state index in [1.165, 1.54) is 5.01 Å². The van der Waals surface area contributed by atoms with Gasteiger partial charge in [-0.1, -0.05) is 54.6 Å². The zero-order chi connectivity index (χ0) is 24.1. The minimum atomic E-state index is -0.416. The predicted molar refractivity (Wildman–Crippen MR) is 129 cm³/mol. The summed E-state index contributed by atoms with van der Waals surface area (Å²) >= 11 is 0. The number of rotatable bonds is 13. The molecule has 0 fully saturated rings. The largest absolute Gasteiger partial charge is 0.466 e. The lowest BCUT2D eigenvalue weighted by Gasteiger charge is -2.23. The summed E-state index contributed by atoms with van der Waals surface area (Å²) < 4.78 is 5.07. The highest BCUT2D eigenvalue weighted by Gasteiger charge is 2.19. The Bertz CT molecular complexity index is 889. The van der Waals surface area contributed by atoms with E-state index >= 15 is 0 Å². The summed E-state index contributed by atoms with van der Waals surface area (Å²) in [5, 5.41) is 12.3. The molecule has 0 aromatic heterocycles. The Morgan fingerprint density at radius 2 is 1.73 bits per heavy atom. The van der Waals surface area contributed by atoms with Crippen molar-refractivity contribution in [2.45, 2.75) is 38.6 Å². The van der Waals surface area contributed by atoms with E-state index in [1.807, 2.05) is 54.6 Å². The van der Waals surface area contributed by atoms with Crippen molar-refractivity contribution in [3.05, 3.63) is 60.2 Å². The van der Waals surface area contributed by atoms with Crippen LogP contribution in [0, 0.1) is 5.41 Å². The first-order valence-electron chi connectivity index (χ1n) is 11.1. The molecule has 7 N–H and O–H groups in total. The second kappa shape index (κ2) is 14.0. The third kappa shape index (κ3) is 9.01. The summed E-state index contributed by atoms with van der Waals surface area (Å²) in [5.74, 6) is 4.94. The highest BCUT2D eigenvalue weighted by Crippen LogP contribution is 2.20. The number of esters is 1. The number of hydrogen-bond acceptors (Lipinski definition) is 7. The van der Waals surface area contributed by atoms with Crippen LogP contribution in [0.4, 0.5) is 0 Å². The number of benzene rings is 2. The molecule has 9 heteroatoms. The molecule has 0 saturated carbocycles. The van der Waals surface area contributed by atoms with Gasteiger partial charge in [0.2, 0.25) is 5.91 Å². The summed E-state index contributed by atoms with van der Waals surface area (Å²) in [4.78, 5) is 24.6. The van der Waals surface area contributed by atoms with Crippen LogP contribution >= 0.6 is 0 Å². The third-order valence-electron chi connectivity index (χ3n) is 5.05. The Balaban J connectivity index is 1.99. The van der Waals surface area contributed by atoms with Crippen LogP contribution in [0.5, 0.6) is 0 Å². The van der Waals surface area contributed by atoms with E-state index in [9.17, 15) is 9.59 Å².